The number of aromatic nitrogens is 2. The average molecular weight is 526 g/mol. The van der Waals surface area contributed by atoms with E-state index in [1.807, 2.05) is 12.1 Å². The number of thioether (sulfide) groups is 1. The molecule has 0 spiro atoms. The molecule has 0 aliphatic rings. The summed E-state index contributed by atoms with van der Waals surface area (Å²) in [5.74, 6) is -0.206. The molecule has 2 heterocycles. The molecule has 7 nitrogen and oxygen atoms in total. The van der Waals surface area contributed by atoms with Gasteiger partial charge in [-0.3, -0.25) is 4.79 Å². The number of sulfonamides is 1. The Hall–Kier alpha value is -2.37. The Morgan fingerprint density at radius 3 is 2.59 bits per heavy atom. The second-order valence-corrected chi connectivity index (χ2v) is 10.8. The molecule has 0 aliphatic heterocycles. The molecule has 12 heteroatoms. The second-order valence-electron chi connectivity index (χ2n) is 6.35. The highest BCUT2D eigenvalue weighted by Crippen LogP contribution is 2.37. The van der Waals surface area contributed by atoms with Crippen molar-refractivity contribution in [2.24, 2.45) is 0 Å². The first-order valence-electron chi connectivity index (χ1n) is 8.91. The van der Waals surface area contributed by atoms with Crippen molar-refractivity contribution in [1.29, 1.82) is 0 Å². The second kappa shape index (κ2) is 9.63. The topological polar surface area (TPSA) is 102 Å². The maximum atomic E-state index is 13.2. The zero-order valence-electron chi connectivity index (χ0n) is 16.0. The highest BCUT2D eigenvalue weighted by molar-refractivity contribution is 7.99. The first kappa shape index (κ1) is 22.8. The minimum Gasteiger partial charge on any atom is -0.423 e. The van der Waals surface area contributed by atoms with E-state index in [-0.39, 0.29) is 26.2 Å². The number of benzene rings is 2. The summed E-state index contributed by atoms with van der Waals surface area (Å²) in [5.41, 5.74) is 1.17. The van der Waals surface area contributed by atoms with E-state index < -0.39 is 15.9 Å². The Kier molecular flexibility index (Phi) is 6.87. The van der Waals surface area contributed by atoms with E-state index in [0.717, 1.165) is 23.3 Å². The standard InChI is InChI=1S/C20H13Cl2N3O4S3/c21-13-5-3-12(4-6-13)10-31-17-9-15(22)14(20-24-23-11-29-20)8-18(17)32(27,28)25-19(26)16-2-1-7-30-16/h1-9,11H,10H2,(H,25,26). The van der Waals surface area contributed by atoms with E-state index in [2.05, 4.69) is 14.9 Å². The molecular formula is C20H13Cl2N3O4S3. The largest absolute Gasteiger partial charge is 0.423 e. The normalized spacial score (nSPS) is 11.4. The van der Waals surface area contributed by atoms with Crippen LogP contribution in [0.5, 0.6) is 0 Å². The van der Waals surface area contributed by atoms with Crippen molar-refractivity contribution >= 4 is 62.2 Å². The van der Waals surface area contributed by atoms with E-state index >= 15 is 0 Å². The predicted molar refractivity (Wildman–Crippen MR) is 125 cm³/mol. The molecule has 0 aliphatic carbocycles. The Morgan fingerprint density at radius 1 is 1.16 bits per heavy atom. The zero-order valence-corrected chi connectivity index (χ0v) is 20.0. The van der Waals surface area contributed by atoms with Crippen LogP contribution in [0.15, 0.2) is 74.5 Å². The lowest BCUT2D eigenvalue weighted by molar-refractivity contribution is 0.0985. The number of nitrogens with one attached hydrogen (secondary N) is 1. The average Bonchev–Trinajstić information content (AvgIpc) is 3.47. The Bertz CT molecular complexity index is 1340. The van der Waals surface area contributed by atoms with Crippen LogP contribution < -0.4 is 4.72 Å². The zero-order chi connectivity index (χ0) is 22.7. The van der Waals surface area contributed by atoms with E-state index in [4.69, 9.17) is 27.6 Å². The van der Waals surface area contributed by atoms with Crippen molar-refractivity contribution in [3.63, 3.8) is 0 Å². The number of rotatable bonds is 7. The number of hydrogen-bond donors (Lipinski definition) is 1. The minimum atomic E-state index is -4.24. The van der Waals surface area contributed by atoms with E-state index in [9.17, 15) is 13.2 Å². The fourth-order valence-electron chi connectivity index (χ4n) is 2.69. The van der Waals surface area contributed by atoms with Crippen molar-refractivity contribution in [2.75, 3.05) is 0 Å². The van der Waals surface area contributed by atoms with Gasteiger partial charge in [0.15, 0.2) is 0 Å². The van der Waals surface area contributed by atoms with Gasteiger partial charge >= 0.3 is 0 Å². The summed E-state index contributed by atoms with van der Waals surface area (Å²) in [7, 11) is -4.24. The number of hydrogen-bond acceptors (Lipinski definition) is 8. The van der Waals surface area contributed by atoms with Crippen LogP contribution in [0, 0.1) is 0 Å². The van der Waals surface area contributed by atoms with Crippen molar-refractivity contribution in [3.05, 3.63) is 80.8 Å². The van der Waals surface area contributed by atoms with Crippen molar-refractivity contribution in [2.45, 2.75) is 15.5 Å². The van der Waals surface area contributed by atoms with Gasteiger partial charge in [0.2, 0.25) is 12.3 Å². The van der Waals surface area contributed by atoms with Crippen LogP contribution in [-0.4, -0.2) is 24.5 Å². The van der Waals surface area contributed by atoms with E-state index in [0.29, 0.717) is 15.7 Å². The van der Waals surface area contributed by atoms with Crippen LogP contribution in [0.25, 0.3) is 11.5 Å². The fraction of sp³-hybridized carbons (Fsp3) is 0.0500. The van der Waals surface area contributed by atoms with E-state index in [1.165, 1.54) is 30.0 Å². The van der Waals surface area contributed by atoms with E-state index in [1.54, 1.807) is 23.6 Å². The smallest absolute Gasteiger partial charge is 0.275 e. The number of carbonyl (C=O) groups excluding carboxylic acids is 1. The minimum absolute atomic E-state index is 0.0604. The van der Waals surface area contributed by atoms with Crippen LogP contribution in [0.4, 0.5) is 0 Å². The molecule has 32 heavy (non-hydrogen) atoms. The quantitative estimate of drug-likeness (QED) is 0.317. The number of halogens is 2. The molecule has 164 valence electrons. The third kappa shape index (κ3) is 5.16. The van der Waals surface area contributed by atoms with Crippen LogP contribution in [0.2, 0.25) is 10.0 Å². The van der Waals surface area contributed by atoms with Gasteiger partial charge < -0.3 is 4.42 Å². The molecule has 2 aromatic heterocycles. The van der Waals surface area contributed by atoms with Gasteiger partial charge in [0.25, 0.3) is 15.9 Å². The molecular weight excluding hydrogens is 513 g/mol. The van der Waals surface area contributed by atoms with Gasteiger partial charge in [-0.05, 0) is 41.3 Å². The molecule has 0 saturated heterocycles. The maximum absolute atomic E-state index is 13.2. The molecule has 0 atom stereocenters. The highest BCUT2D eigenvalue weighted by atomic mass is 35.5. The molecule has 4 rings (SSSR count). The van der Waals surface area contributed by atoms with Gasteiger partial charge in [0.1, 0.15) is 4.90 Å². The van der Waals surface area contributed by atoms with Gasteiger partial charge in [-0.25, -0.2) is 13.1 Å². The first-order valence-corrected chi connectivity index (χ1v) is 13.0. The Labute approximate surface area is 201 Å². The van der Waals surface area contributed by atoms with Crippen molar-refractivity contribution < 1.29 is 17.6 Å². The molecule has 0 saturated carbocycles. The van der Waals surface area contributed by atoms with Gasteiger partial charge in [-0.1, -0.05) is 41.4 Å². The number of nitrogens with zero attached hydrogens (tertiary/aromatic N) is 2. The maximum Gasteiger partial charge on any atom is 0.275 e. The number of carbonyl (C=O) groups is 1. The SMILES string of the molecule is O=C(NS(=O)(=O)c1cc(-c2nnco2)c(Cl)cc1SCc1ccc(Cl)cc1)c1cccs1. The monoisotopic (exact) mass is 525 g/mol. The summed E-state index contributed by atoms with van der Waals surface area (Å²) in [6.45, 7) is 0. The molecule has 4 aromatic rings. The highest BCUT2D eigenvalue weighted by Gasteiger charge is 2.26. The molecule has 0 radical (unpaired) electrons. The lowest BCUT2D eigenvalue weighted by Crippen LogP contribution is -2.30. The third-order valence-electron chi connectivity index (χ3n) is 4.19. The number of amides is 1. The molecule has 0 fully saturated rings. The summed E-state index contributed by atoms with van der Waals surface area (Å²) in [4.78, 5) is 12.9. The summed E-state index contributed by atoms with van der Waals surface area (Å²) in [6, 6.07) is 13.2. The van der Waals surface area contributed by atoms with Crippen LogP contribution in [0.3, 0.4) is 0 Å². The van der Waals surface area contributed by atoms with Crippen LogP contribution in [0.1, 0.15) is 15.2 Å². The fourth-order valence-corrected chi connectivity index (χ4v) is 6.29. The molecule has 1 amide bonds. The summed E-state index contributed by atoms with van der Waals surface area (Å²) in [5, 5.41) is 9.93. The summed E-state index contributed by atoms with van der Waals surface area (Å²) >= 11 is 14.7. The number of thiophene rings is 1. The van der Waals surface area contributed by atoms with Gasteiger partial charge in [-0.15, -0.1) is 33.3 Å². The third-order valence-corrected chi connectivity index (χ3v) is 8.25. The summed E-state index contributed by atoms with van der Waals surface area (Å²) < 4.78 is 33.7. The lowest BCUT2D eigenvalue weighted by atomic mass is 10.2. The molecule has 0 bridgehead atoms. The Balaban J connectivity index is 1.72. The van der Waals surface area contributed by atoms with Crippen molar-refractivity contribution in [3.8, 4) is 11.5 Å². The first-order chi connectivity index (χ1) is 15.3. The lowest BCUT2D eigenvalue weighted by Gasteiger charge is -2.13. The molecule has 1 N–H and O–H groups in total. The molecule has 2 aromatic carbocycles. The predicted octanol–water partition coefficient (Wildman–Crippen LogP) is 5.52. The summed E-state index contributed by atoms with van der Waals surface area (Å²) in [6.07, 6.45) is 1.11. The van der Waals surface area contributed by atoms with Gasteiger partial charge in [0, 0.05) is 15.7 Å². The molecule has 0 unspecified atom stereocenters. The van der Waals surface area contributed by atoms with Crippen LogP contribution >= 0.6 is 46.3 Å². The van der Waals surface area contributed by atoms with Gasteiger partial charge in [-0.2, -0.15) is 0 Å². The van der Waals surface area contributed by atoms with Crippen molar-refractivity contribution in [1.82, 2.24) is 14.9 Å². The Morgan fingerprint density at radius 2 is 1.94 bits per heavy atom. The van der Waals surface area contributed by atoms with Gasteiger partial charge in [0.05, 0.1) is 15.5 Å². The van der Waals surface area contributed by atoms with Crippen LogP contribution in [-0.2, 0) is 15.8 Å².